The molecule has 1 aromatic carbocycles. The van der Waals surface area contributed by atoms with Crippen molar-refractivity contribution in [2.45, 2.75) is 6.42 Å². The van der Waals surface area contributed by atoms with Gasteiger partial charge in [0, 0.05) is 18.3 Å². The fourth-order valence-corrected chi connectivity index (χ4v) is 1.94. The van der Waals surface area contributed by atoms with Crippen molar-refractivity contribution in [3.63, 3.8) is 0 Å². The van der Waals surface area contributed by atoms with Gasteiger partial charge in [0.25, 0.3) is 0 Å². The maximum Gasteiger partial charge on any atom is 0.0794 e. The molecule has 1 aromatic heterocycles. The first-order valence-corrected chi connectivity index (χ1v) is 5.76. The molecule has 3 N–H and O–H groups in total. The van der Waals surface area contributed by atoms with Crippen LogP contribution in [0, 0.1) is 0 Å². The Morgan fingerprint density at radius 2 is 2.20 bits per heavy atom. The van der Waals surface area contributed by atoms with Gasteiger partial charge in [0.1, 0.15) is 0 Å². The van der Waals surface area contributed by atoms with Crippen molar-refractivity contribution in [3.8, 4) is 0 Å². The molecule has 0 radical (unpaired) electrons. The van der Waals surface area contributed by atoms with Crippen LogP contribution in [0.3, 0.4) is 0 Å². The Hall–Kier alpha value is -1.55. The van der Waals surface area contributed by atoms with Crippen LogP contribution in [-0.2, 0) is 6.42 Å². The van der Waals surface area contributed by atoms with Crippen LogP contribution in [-0.4, -0.2) is 11.5 Å². The zero-order chi connectivity index (χ0) is 10.5. The van der Waals surface area contributed by atoms with E-state index in [1.807, 2.05) is 29.8 Å². The number of thiazole rings is 1. The third kappa shape index (κ3) is 2.70. The number of hydrogen-bond acceptors (Lipinski definition) is 4. The second kappa shape index (κ2) is 4.79. The Bertz CT molecular complexity index is 412. The number of nitrogen functional groups attached to an aromatic ring is 1. The van der Waals surface area contributed by atoms with Crippen molar-refractivity contribution < 1.29 is 0 Å². The van der Waals surface area contributed by atoms with Crippen molar-refractivity contribution in [1.82, 2.24) is 4.98 Å². The van der Waals surface area contributed by atoms with Gasteiger partial charge in [-0.05, 0) is 12.1 Å². The molecule has 4 heteroatoms. The molecule has 15 heavy (non-hydrogen) atoms. The van der Waals surface area contributed by atoms with Gasteiger partial charge in [-0.25, -0.2) is 4.98 Å². The second-order valence-electron chi connectivity index (χ2n) is 3.24. The highest BCUT2D eigenvalue weighted by Gasteiger charge is 1.97. The van der Waals surface area contributed by atoms with Crippen LogP contribution in [0.15, 0.2) is 35.2 Å². The Labute approximate surface area is 93.0 Å². The Balaban J connectivity index is 1.86. The molecule has 0 saturated carbocycles. The highest BCUT2D eigenvalue weighted by Crippen LogP contribution is 2.16. The Morgan fingerprint density at radius 1 is 1.33 bits per heavy atom. The van der Waals surface area contributed by atoms with E-state index in [0.717, 1.165) is 30.0 Å². The van der Waals surface area contributed by atoms with Crippen LogP contribution in [0.25, 0.3) is 0 Å². The molecule has 0 fully saturated rings. The molecule has 3 nitrogen and oxygen atoms in total. The number of anilines is 2. The van der Waals surface area contributed by atoms with Gasteiger partial charge in [-0.2, -0.15) is 0 Å². The van der Waals surface area contributed by atoms with Gasteiger partial charge in [-0.15, -0.1) is 11.3 Å². The molecule has 0 aliphatic rings. The lowest BCUT2D eigenvalue weighted by atomic mass is 10.2. The summed E-state index contributed by atoms with van der Waals surface area (Å²) in [7, 11) is 0. The molecule has 78 valence electrons. The van der Waals surface area contributed by atoms with E-state index in [4.69, 9.17) is 5.73 Å². The van der Waals surface area contributed by atoms with Gasteiger partial charge >= 0.3 is 0 Å². The monoisotopic (exact) mass is 219 g/mol. The van der Waals surface area contributed by atoms with Crippen LogP contribution in [0.5, 0.6) is 0 Å². The predicted octanol–water partition coefficient (Wildman–Crippen LogP) is 2.38. The molecular weight excluding hydrogens is 206 g/mol. The van der Waals surface area contributed by atoms with E-state index in [9.17, 15) is 0 Å². The zero-order valence-corrected chi connectivity index (χ0v) is 9.13. The number of nitrogens with two attached hydrogens (primary N) is 1. The van der Waals surface area contributed by atoms with Crippen molar-refractivity contribution in [3.05, 3.63) is 40.8 Å². The minimum Gasteiger partial charge on any atom is -0.397 e. The highest BCUT2D eigenvalue weighted by atomic mass is 32.1. The van der Waals surface area contributed by atoms with E-state index in [1.165, 1.54) is 0 Å². The van der Waals surface area contributed by atoms with Gasteiger partial charge in [0.15, 0.2) is 0 Å². The predicted molar refractivity (Wildman–Crippen MR) is 65.2 cm³/mol. The molecule has 0 aliphatic carbocycles. The topological polar surface area (TPSA) is 50.9 Å². The number of rotatable bonds is 4. The summed E-state index contributed by atoms with van der Waals surface area (Å²) in [6.45, 7) is 0.859. The first kappa shape index (κ1) is 9.98. The summed E-state index contributed by atoms with van der Waals surface area (Å²) < 4.78 is 0. The van der Waals surface area contributed by atoms with Crippen molar-refractivity contribution in [2.24, 2.45) is 0 Å². The molecular formula is C11H13N3S. The first-order valence-electron chi connectivity index (χ1n) is 4.82. The SMILES string of the molecule is Nc1ccccc1NCCc1cscn1. The van der Waals surface area contributed by atoms with Gasteiger partial charge in [0.2, 0.25) is 0 Å². The third-order valence-electron chi connectivity index (χ3n) is 2.14. The smallest absolute Gasteiger partial charge is 0.0794 e. The summed E-state index contributed by atoms with van der Waals surface area (Å²) in [5, 5.41) is 5.36. The van der Waals surface area contributed by atoms with E-state index >= 15 is 0 Å². The standard InChI is InChI=1S/C11H13N3S/c12-10-3-1-2-4-11(10)13-6-5-9-7-15-8-14-9/h1-4,7-8,13H,5-6,12H2. The van der Waals surface area contributed by atoms with Crippen LogP contribution >= 0.6 is 11.3 Å². The van der Waals surface area contributed by atoms with Crippen LogP contribution in [0.4, 0.5) is 11.4 Å². The molecule has 0 spiro atoms. The van der Waals surface area contributed by atoms with Crippen molar-refractivity contribution in [2.75, 3.05) is 17.6 Å². The van der Waals surface area contributed by atoms with Crippen LogP contribution in [0.1, 0.15) is 5.69 Å². The number of benzene rings is 1. The lowest BCUT2D eigenvalue weighted by molar-refractivity contribution is 0.978. The number of aromatic nitrogens is 1. The molecule has 2 rings (SSSR count). The summed E-state index contributed by atoms with van der Waals surface area (Å²) in [4.78, 5) is 4.22. The van der Waals surface area contributed by atoms with E-state index in [2.05, 4.69) is 15.7 Å². The van der Waals surface area contributed by atoms with E-state index in [-0.39, 0.29) is 0 Å². The average Bonchev–Trinajstić information content (AvgIpc) is 2.74. The van der Waals surface area contributed by atoms with Crippen molar-refractivity contribution >= 4 is 22.7 Å². The van der Waals surface area contributed by atoms with E-state index < -0.39 is 0 Å². The quantitative estimate of drug-likeness (QED) is 0.776. The van der Waals surface area contributed by atoms with Gasteiger partial charge in [-0.1, -0.05) is 12.1 Å². The third-order valence-corrected chi connectivity index (χ3v) is 2.78. The number of para-hydroxylation sites is 2. The average molecular weight is 219 g/mol. The largest absolute Gasteiger partial charge is 0.397 e. The normalized spacial score (nSPS) is 10.1. The van der Waals surface area contributed by atoms with Gasteiger partial charge in [0.05, 0.1) is 22.6 Å². The van der Waals surface area contributed by atoms with E-state index in [0.29, 0.717) is 0 Å². The molecule has 0 atom stereocenters. The number of hydrogen-bond donors (Lipinski definition) is 2. The first-order chi connectivity index (χ1) is 7.36. The fraction of sp³-hybridized carbons (Fsp3) is 0.182. The zero-order valence-electron chi connectivity index (χ0n) is 8.31. The summed E-state index contributed by atoms with van der Waals surface area (Å²) in [6.07, 6.45) is 0.928. The molecule has 0 unspecified atom stereocenters. The van der Waals surface area contributed by atoms with Gasteiger partial charge in [-0.3, -0.25) is 0 Å². The molecule has 1 heterocycles. The van der Waals surface area contributed by atoms with Crippen LogP contribution < -0.4 is 11.1 Å². The molecule has 0 saturated heterocycles. The minimum absolute atomic E-state index is 0.788. The summed E-state index contributed by atoms with van der Waals surface area (Å²) in [5.41, 5.74) is 10.6. The van der Waals surface area contributed by atoms with E-state index in [1.54, 1.807) is 11.3 Å². The Morgan fingerprint density at radius 3 is 2.93 bits per heavy atom. The van der Waals surface area contributed by atoms with Crippen LogP contribution in [0.2, 0.25) is 0 Å². The lowest BCUT2D eigenvalue weighted by Gasteiger charge is -2.07. The summed E-state index contributed by atoms with van der Waals surface area (Å²) in [6, 6.07) is 7.78. The molecule has 0 amide bonds. The summed E-state index contributed by atoms with van der Waals surface area (Å²) >= 11 is 1.63. The summed E-state index contributed by atoms with van der Waals surface area (Å²) in [5.74, 6) is 0. The van der Waals surface area contributed by atoms with Gasteiger partial charge < -0.3 is 11.1 Å². The number of nitrogens with one attached hydrogen (secondary N) is 1. The fourth-order valence-electron chi connectivity index (χ4n) is 1.34. The second-order valence-corrected chi connectivity index (χ2v) is 3.96. The van der Waals surface area contributed by atoms with Crippen molar-refractivity contribution in [1.29, 1.82) is 0 Å². The maximum absolute atomic E-state index is 5.80. The maximum atomic E-state index is 5.80. The molecule has 0 bridgehead atoms. The molecule has 0 aliphatic heterocycles. The molecule has 2 aromatic rings. The minimum atomic E-state index is 0.788. The highest BCUT2D eigenvalue weighted by molar-refractivity contribution is 7.07. The Kier molecular flexibility index (Phi) is 3.19. The lowest BCUT2D eigenvalue weighted by Crippen LogP contribution is -2.06. The number of nitrogens with zero attached hydrogens (tertiary/aromatic N) is 1.